The zero-order valence-corrected chi connectivity index (χ0v) is 10.8. The Morgan fingerprint density at radius 1 is 1.15 bits per heavy atom. The van der Waals surface area contributed by atoms with Crippen molar-refractivity contribution in [3.05, 3.63) is 71.3 Å². The van der Waals surface area contributed by atoms with E-state index >= 15 is 0 Å². The molecule has 0 aromatic heterocycles. The summed E-state index contributed by atoms with van der Waals surface area (Å²) in [4.78, 5) is 12.2. The standard InChI is InChI=1S/C16H14N2O2/c17-10-13-8-4-5-9-14(13)16(20)18-15(11-19)12-6-2-1-3-7-12/h1-9,15,19H,11H2,(H,18,20)/t15-/m1/s1. The third-order valence-electron chi connectivity index (χ3n) is 2.98. The number of aliphatic hydroxyl groups is 1. The number of aliphatic hydroxyl groups excluding tert-OH is 1. The van der Waals surface area contributed by atoms with E-state index in [-0.39, 0.29) is 12.5 Å². The fraction of sp³-hybridized carbons (Fsp3) is 0.125. The smallest absolute Gasteiger partial charge is 0.253 e. The summed E-state index contributed by atoms with van der Waals surface area (Å²) in [6, 6.07) is 17.3. The molecule has 4 heteroatoms. The van der Waals surface area contributed by atoms with Crippen LogP contribution in [0.15, 0.2) is 54.6 Å². The molecular weight excluding hydrogens is 252 g/mol. The fourth-order valence-corrected chi connectivity index (χ4v) is 1.93. The molecule has 2 aromatic carbocycles. The molecule has 0 aliphatic carbocycles. The quantitative estimate of drug-likeness (QED) is 0.889. The fourth-order valence-electron chi connectivity index (χ4n) is 1.93. The summed E-state index contributed by atoms with van der Waals surface area (Å²) < 4.78 is 0. The van der Waals surface area contributed by atoms with Gasteiger partial charge in [0.05, 0.1) is 29.8 Å². The van der Waals surface area contributed by atoms with Gasteiger partial charge in [0.25, 0.3) is 5.91 Å². The van der Waals surface area contributed by atoms with Crippen LogP contribution in [0.25, 0.3) is 0 Å². The van der Waals surface area contributed by atoms with Crippen molar-refractivity contribution in [1.29, 1.82) is 5.26 Å². The molecule has 0 bridgehead atoms. The number of nitriles is 1. The number of hydrogen-bond donors (Lipinski definition) is 2. The van der Waals surface area contributed by atoms with Crippen LogP contribution in [-0.4, -0.2) is 17.6 Å². The van der Waals surface area contributed by atoms with E-state index in [1.165, 1.54) is 0 Å². The molecule has 2 N–H and O–H groups in total. The van der Waals surface area contributed by atoms with E-state index in [0.29, 0.717) is 11.1 Å². The van der Waals surface area contributed by atoms with Gasteiger partial charge in [-0.1, -0.05) is 42.5 Å². The molecule has 4 nitrogen and oxygen atoms in total. The molecule has 0 unspecified atom stereocenters. The van der Waals surface area contributed by atoms with Gasteiger partial charge in [-0.15, -0.1) is 0 Å². The van der Waals surface area contributed by atoms with Crippen molar-refractivity contribution in [2.75, 3.05) is 6.61 Å². The molecule has 100 valence electrons. The predicted molar refractivity (Wildman–Crippen MR) is 74.9 cm³/mol. The highest BCUT2D eigenvalue weighted by molar-refractivity contribution is 5.96. The van der Waals surface area contributed by atoms with Crippen molar-refractivity contribution in [1.82, 2.24) is 5.32 Å². The van der Waals surface area contributed by atoms with Crippen LogP contribution in [0.3, 0.4) is 0 Å². The Kier molecular flexibility index (Phi) is 4.48. The van der Waals surface area contributed by atoms with Gasteiger partial charge in [-0.25, -0.2) is 0 Å². The third-order valence-corrected chi connectivity index (χ3v) is 2.98. The Morgan fingerprint density at radius 2 is 1.80 bits per heavy atom. The van der Waals surface area contributed by atoms with Gasteiger partial charge in [0.15, 0.2) is 0 Å². The molecule has 0 saturated carbocycles. The summed E-state index contributed by atoms with van der Waals surface area (Å²) in [5, 5.41) is 21.2. The van der Waals surface area contributed by atoms with Crippen molar-refractivity contribution in [2.24, 2.45) is 0 Å². The summed E-state index contributed by atoms with van der Waals surface area (Å²) in [5.74, 6) is -0.370. The van der Waals surface area contributed by atoms with E-state index in [2.05, 4.69) is 5.32 Å². The van der Waals surface area contributed by atoms with Crippen LogP contribution in [0.2, 0.25) is 0 Å². The van der Waals surface area contributed by atoms with E-state index in [1.807, 2.05) is 36.4 Å². The normalized spacial score (nSPS) is 11.4. The van der Waals surface area contributed by atoms with Crippen LogP contribution in [-0.2, 0) is 0 Å². The van der Waals surface area contributed by atoms with Crippen LogP contribution in [0.5, 0.6) is 0 Å². The average Bonchev–Trinajstić information content (AvgIpc) is 2.53. The average molecular weight is 266 g/mol. The first kappa shape index (κ1) is 13.8. The number of benzene rings is 2. The van der Waals surface area contributed by atoms with E-state index < -0.39 is 6.04 Å². The van der Waals surface area contributed by atoms with E-state index in [9.17, 15) is 9.90 Å². The number of nitrogens with one attached hydrogen (secondary N) is 1. The van der Waals surface area contributed by atoms with Crippen molar-refractivity contribution >= 4 is 5.91 Å². The molecule has 0 radical (unpaired) electrons. The molecular formula is C16H14N2O2. The Labute approximate surface area is 117 Å². The zero-order valence-electron chi connectivity index (χ0n) is 10.8. The highest BCUT2D eigenvalue weighted by atomic mass is 16.3. The van der Waals surface area contributed by atoms with Crippen LogP contribution in [0, 0.1) is 11.3 Å². The summed E-state index contributed by atoms with van der Waals surface area (Å²) in [7, 11) is 0. The number of nitrogens with zero attached hydrogens (tertiary/aromatic N) is 1. The number of amides is 1. The molecule has 1 atom stereocenters. The second-order valence-corrected chi connectivity index (χ2v) is 4.28. The Morgan fingerprint density at radius 3 is 2.45 bits per heavy atom. The van der Waals surface area contributed by atoms with Gasteiger partial charge in [0.1, 0.15) is 0 Å². The maximum absolute atomic E-state index is 12.2. The van der Waals surface area contributed by atoms with E-state index in [4.69, 9.17) is 5.26 Å². The van der Waals surface area contributed by atoms with Crippen molar-refractivity contribution in [3.8, 4) is 6.07 Å². The van der Waals surface area contributed by atoms with Crippen LogP contribution in [0.1, 0.15) is 27.5 Å². The maximum Gasteiger partial charge on any atom is 0.253 e. The lowest BCUT2D eigenvalue weighted by Gasteiger charge is -2.17. The van der Waals surface area contributed by atoms with E-state index in [1.54, 1.807) is 24.3 Å². The molecule has 2 aromatic rings. The molecule has 0 aliphatic rings. The topological polar surface area (TPSA) is 73.1 Å². The first-order valence-corrected chi connectivity index (χ1v) is 6.22. The molecule has 20 heavy (non-hydrogen) atoms. The van der Waals surface area contributed by atoms with Crippen LogP contribution >= 0.6 is 0 Å². The van der Waals surface area contributed by atoms with Gasteiger partial charge < -0.3 is 10.4 Å². The summed E-state index contributed by atoms with van der Waals surface area (Å²) in [6.45, 7) is -0.204. The predicted octanol–water partition coefficient (Wildman–Crippen LogP) is 2.02. The van der Waals surface area contributed by atoms with Crippen LogP contribution < -0.4 is 5.32 Å². The first-order chi connectivity index (χ1) is 9.76. The number of rotatable bonds is 4. The minimum absolute atomic E-state index is 0.204. The number of carbonyl (C=O) groups is 1. The van der Waals surface area contributed by atoms with Crippen molar-refractivity contribution in [3.63, 3.8) is 0 Å². The van der Waals surface area contributed by atoms with Gasteiger partial charge in [0.2, 0.25) is 0 Å². The molecule has 0 aliphatic heterocycles. The Hall–Kier alpha value is -2.64. The second-order valence-electron chi connectivity index (χ2n) is 4.28. The summed E-state index contributed by atoms with van der Waals surface area (Å²) in [5.41, 5.74) is 1.44. The number of hydrogen-bond acceptors (Lipinski definition) is 3. The highest BCUT2D eigenvalue weighted by Gasteiger charge is 2.16. The Balaban J connectivity index is 2.20. The minimum Gasteiger partial charge on any atom is -0.394 e. The molecule has 0 fully saturated rings. The second kappa shape index (κ2) is 6.50. The summed E-state index contributed by atoms with van der Waals surface area (Å²) >= 11 is 0. The van der Waals surface area contributed by atoms with Gasteiger partial charge >= 0.3 is 0 Å². The highest BCUT2D eigenvalue weighted by Crippen LogP contribution is 2.14. The third kappa shape index (κ3) is 3.02. The Bertz CT molecular complexity index is 632. The molecule has 0 heterocycles. The lowest BCUT2D eigenvalue weighted by atomic mass is 10.0. The molecule has 1 amide bonds. The van der Waals surface area contributed by atoms with Crippen molar-refractivity contribution in [2.45, 2.75) is 6.04 Å². The first-order valence-electron chi connectivity index (χ1n) is 6.22. The molecule has 2 rings (SSSR count). The van der Waals surface area contributed by atoms with Gasteiger partial charge in [0, 0.05) is 0 Å². The van der Waals surface area contributed by atoms with Gasteiger partial charge in [-0.2, -0.15) is 5.26 Å². The van der Waals surface area contributed by atoms with Gasteiger partial charge in [-0.3, -0.25) is 4.79 Å². The van der Waals surface area contributed by atoms with Gasteiger partial charge in [-0.05, 0) is 17.7 Å². The minimum atomic E-state index is -0.490. The SMILES string of the molecule is N#Cc1ccccc1C(=O)N[C@H](CO)c1ccccc1. The largest absolute Gasteiger partial charge is 0.394 e. The molecule has 0 spiro atoms. The lowest BCUT2D eigenvalue weighted by Crippen LogP contribution is -2.31. The zero-order chi connectivity index (χ0) is 14.4. The lowest BCUT2D eigenvalue weighted by molar-refractivity contribution is 0.0916. The van der Waals surface area contributed by atoms with Crippen LogP contribution in [0.4, 0.5) is 0 Å². The monoisotopic (exact) mass is 266 g/mol. The van der Waals surface area contributed by atoms with Crippen molar-refractivity contribution < 1.29 is 9.90 Å². The summed E-state index contributed by atoms with van der Waals surface area (Å²) in [6.07, 6.45) is 0. The van der Waals surface area contributed by atoms with E-state index in [0.717, 1.165) is 5.56 Å². The maximum atomic E-state index is 12.2. The number of carbonyl (C=O) groups excluding carboxylic acids is 1. The molecule has 0 saturated heterocycles.